The number of carbonyl (C=O) groups is 3. The number of methoxy groups -OCH3 is 2. The molecule has 0 aliphatic carbocycles. The molecule has 2 saturated heterocycles. The number of carbonyl (C=O) groups excluding carboxylic acids is 3. The van der Waals surface area contributed by atoms with Crippen LogP contribution in [0.5, 0.6) is 11.5 Å². The largest absolute Gasteiger partial charge is 0.493 e. The van der Waals surface area contributed by atoms with Gasteiger partial charge in [-0.2, -0.15) is 0 Å². The van der Waals surface area contributed by atoms with E-state index in [9.17, 15) is 18.8 Å². The van der Waals surface area contributed by atoms with E-state index in [0.29, 0.717) is 29.2 Å². The zero-order valence-corrected chi connectivity index (χ0v) is 20.1. The molecule has 0 radical (unpaired) electrons. The molecule has 5 rings (SSSR count). The second-order valence-corrected chi connectivity index (χ2v) is 9.64. The number of anilines is 1. The van der Waals surface area contributed by atoms with E-state index in [-0.39, 0.29) is 18.4 Å². The molecule has 0 saturated carbocycles. The van der Waals surface area contributed by atoms with Crippen molar-refractivity contribution < 1.29 is 28.2 Å². The molecule has 184 valence electrons. The van der Waals surface area contributed by atoms with Gasteiger partial charge in [-0.15, -0.1) is 0 Å². The van der Waals surface area contributed by atoms with E-state index >= 15 is 0 Å². The number of ether oxygens (including phenoxy) is 2. The van der Waals surface area contributed by atoms with E-state index in [4.69, 9.17) is 9.47 Å². The van der Waals surface area contributed by atoms with E-state index in [2.05, 4.69) is 10.6 Å². The summed E-state index contributed by atoms with van der Waals surface area (Å²) in [6, 6.07) is 9.07. The molecule has 9 heteroatoms. The molecule has 3 heterocycles. The van der Waals surface area contributed by atoms with Gasteiger partial charge in [-0.3, -0.25) is 24.6 Å². The van der Waals surface area contributed by atoms with Crippen molar-refractivity contribution in [3.8, 4) is 11.5 Å². The third kappa shape index (κ3) is 3.32. The van der Waals surface area contributed by atoms with Crippen molar-refractivity contribution in [2.75, 3.05) is 26.1 Å². The maximum absolute atomic E-state index is 14.3. The minimum absolute atomic E-state index is 0.0326. The van der Waals surface area contributed by atoms with E-state index in [0.717, 1.165) is 5.56 Å². The van der Waals surface area contributed by atoms with Crippen LogP contribution in [0.4, 0.5) is 10.1 Å². The molecule has 1 spiro atoms. The van der Waals surface area contributed by atoms with Gasteiger partial charge in [0.25, 0.3) is 0 Å². The van der Waals surface area contributed by atoms with Crippen LogP contribution >= 0.6 is 0 Å². The molecule has 2 fully saturated rings. The molecule has 3 aliphatic rings. The smallest absolute Gasteiger partial charge is 0.250 e. The molecule has 3 aliphatic heterocycles. The molecule has 8 nitrogen and oxygen atoms in total. The van der Waals surface area contributed by atoms with Gasteiger partial charge in [0.15, 0.2) is 11.5 Å². The zero-order valence-electron chi connectivity index (χ0n) is 20.1. The Morgan fingerprint density at radius 2 is 1.77 bits per heavy atom. The van der Waals surface area contributed by atoms with Crippen LogP contribution in [-0.2, 0) is 26.3 Å². The van der Waals surface area contributed by atoms with Gasteiger partial charge in [0.1, 0.15) is 11.4 Å². The van der Waals surface area contributed by atoms with Gasteiger partial charge in [-0.1, -0.05) is 19.9 Å². The Morgan fingerprint density at radius 1 is 1.03 bits per heavy atom. The summed E-state index contributed by atoms with van der Waals surface area (Å²) in [4.78, 5) is 42.0. The number of benzene rings is 2. The van der Waals surface area contributed by atoms with Gasteiger partial charge >= 0.3 is 0 Å². The van der Waals surface area contributed by atoms with Crippen LogP contribution < -0.4 is 20.1 Å². The van der Waals surface area contributed by atoms with Crippen LogP contribution in [-0.4, -0.2) is 49.4 Å². The average Bonchev–Trinajstić information content (AvgIpc) is 3.43. The number of nitrogens with zero attached hydrogens (tertiary/aromatic N) is 1. The first-order chi connectivity index (χ1) is 16.7. The number of imide groups is 1. The van der Waals surface area contributed by atoms with E-state index in [1.165, 1.54) is 23.1 Å². The minimum atomic E-state index is -1.48. The van der Waals surface area contributed by atoms with Gasteiger partial charge in [0.2, 0.25) is 17.7 Å². The Kier molecular flexibility index (Phi) is 5.55. The van der Waals surface area contributed by atoms with Crippen molar-refractivity contribution in [3.05, 3.63) is 53.3 Å². The van der Waals surface area contributed by atoms with Crippen molar-refractivity contribution in [2.45, 2.75) is 31.8 Å². The van der Waals surface area contributed by atoms with Crippen molar-refractivity contribution in [2.24, 2.45) is 17.8 Å². The molecular weight excluding hydrogens is 453 g/mol. The lowest BCUT2D eigenvalue weighted by Gasteiger charge is -2.30. The molecule has 2 aromatic rings. The highest BCUT2D eigenvalue weighted by Crippen LogP contribution is 2.54. The summed E-state index contributed by atoms with van der Waals surface area (Å²) in [5.74, 6) is -2.20. The lowest BCUT2D eigenvalue weighted by molar-refractivity contribution is -0.142. The van der Waals surface area contributed by atoms with Crippen LogP contribution in [0.25, 0.3) is 0 Å². The molecule has 4 atom stereocenters. The maximum atomic E-state index is 14.3. The standard InChI is InChI=1S/C26H28FN3O5/c1-13(2)22-20-21(26(29-22)16-12-15(27)6-7-17(16)28-25(26)33)24(32)30(23(20)31)10-9-14-5-8-18(34-3)19(11-14)35-4/h5-8,11-13,20-22,29H,9-10H2,1-4H3,(H,28,33). The molecule has 2 N–H and O–H groups in total. The van der Waals surface area contributed by atoms with Crippen molar-refractivity contribution in [3.63, 3.8) is 0 Å². The summed E-state index contributed by atoms with van der Waals surface area (Å²) in [6.07, 6.45) is 0.418. The van der Waals surface area contributed by atoms with Gasteiger partial charge in [0, 0.05) is 23.8 Å². The fraction of sp³-hybridized carbons (Fsp3) is 0.423. The number of nitrogens with one attached hydrogen (secondary N) is 2. The summed E-state index contributed by atoms with van der Waals surface area (Å²) in [5, 5.41) is 6.09. The Morgan fingerprint density at radius 3 is 2.46 bits per heavy atom. The van der Waals surface area contributed by atoms with E-state index in [1.54, 1.807) is 20.3 Å². The quantitative estimate of drug-likeness (QED) is 0.616. The SMILES string of the molecule is COc1ccc(CCN2C(=O)C3C(C(C)C)NC4(C(=O)Nc5ccc(F)cc54)C3C2=O)cc1OC. The lowest BCUT2D eigenvalue weighted by atomic mass is 9.76. The molecule has 35 heavy (non-hydrogen) atoms. The van der Waals surface area contributed by atoms with Crippen molar-refractivity contribution in [1.82, 2.24) is 10.2 Å². The van der Waals surface area contributed by atoms with Crippen LogP contribution in [0.2, 0.25) is 0 Å². The monoisotopic (exact) mass is 481 g/mol. The number of halogens is 1. The Hall–Kier alpha value is -3.46. The highest BCUT2D eigenvalue weighted by atomic mass is 19.1. The predicted molar refractivity (Wildman–Crippen MR) is 125 cm³/mol. The predicted octanol–water partition coefficient (Wildman–Crippen LogP) is 2.46. The van der Waals surface area contributed by atoms with Gasteiger partial charge in [-0.05, 0) is 48.2 Å². The normalized spacial score (nSPS) is 27.0. The van der Waals surface area contributed by atoms with Gasteiger partial charge < -0.3 is 14.8 Å². The maximum Gasteiger partial charge on any atom is 0.250 e. The molecule has 0 aromatic heterocycles. The lowest BCUT2D eigenvalue weighted by Crippen LogP contribution is -2.54. The van der Waals surface area contributed by atoms with Crippen molar-refractivity contribution in [1.29, 1.82) is 0 Å². The van der Waals surface area contributed by atoms with Crippen LogP contribution in [0, 0.1) is 23.6 Å². The summed E-state index contributed by atoms with van der Waals surface area (Å²) in [6.45, 7) is 4.05. The van der Waals surface area contributed by atoms with Crippen LogP contribution in [0.3, 0.4) is 0 Å². The first kappa shape index (κ1) is 23.3. The first-order valence-corrected chi connectivity index (χ1v) is 11.7. The van der Waals surface area contributed by atoms with Crippen molar-refractivity contribution >= 4 is 23.4 Å². The zero-order chi connectivity index (χ0) is 25.1. The Balaban J connectivity index is 1.49. The fourth-order valence-electron chi connectivity index (χ4n) is 5.84. The van der Waals surface area contributed by atoms with Gasteiger partial charge in [-0.25, -0.2) is 4.39 Å². The summed E-state index contributed by atoms with van der Waals surface area (Å²) < 4.78 is 24.9. The second kappa shape index (κ2) is 8.34. The topological polar surface area (TPSA) is 97.0 Å². The third-order valence-electron chi connectivity index (χ3n) is 7.49. The van der Waals surface area contributed by atoms with E-state index in [1.807, 2.05) is 26.0 Å². The number of hydrogen-bond acceptors (Lipinski definition) is 6. The third-order valence-corrected chi connectivity index (χ3v) is 7.49. The second-order valence-electron chi connectivity index (χ2n) is 9.64. The molecule has 0 bridgehead atoms. The Labute approximate surface area is 202 Å². The average molecular weight is 482 g/mol. The molecular formula is C26H28FN3O5. The summed E-state index contributed by atoms with van der Waals surface area (Å²) >= 11 is 0. The molecule has 4 unspecified atom stereocenters. The summed E-state index contributed by atoms with van der Waals surface area (Å²) in [7, 11) is 3.10. The molecule has 3 amide bonds. The fourth-order valence-corrected chi connectivity index (χ4v) is 5.84. The highest BCUT2D eigenvalue weighted by Gasteiger charge is 2.70. The number of amides is 3. The minimum Gasteiger partial charge on any atom is -0.493 e. The number of fused-ring (bicyclic) bond motifs is 4. The highest BCUT2D eigenvalue weighted by molar-refractivity contribution is 6.15. The molecule has 2 aromatic carbocycles. The van der Waals surface area contributed by atoms with Gasteiger partial charge in [0.05, 0.1) is 26.1 Å². The number of rotatable bonds is 6. The number of hydrogen-bond donors (Lipinski definition) is 2. The van der Waals surface area contributed by atoms with Crippen LogP contribution in [0.15, 0.2) is 36.4 Å². The first-order valence-electron chi connectivity index (χ1n) is 11.7. The summed E-state index contributed by atoms with van der Waals surface area (Å²) in [5.41, 5.74) is 0.223. The van der Waals surface area contributed by atoms with E-state index < -0.39 is 41.0 Å². The number of likely N-dealkylation sites (tertiary alicyclic amines) is 1. The van der Waals surface area contributed by atoms with Crippen LogP contribution in [0.1, 0.15) is 25.0 Å². The Bertz CT molecular complexity index is 1230.